The molecular weight excluding hydrogens is 254 g/mol. The van der Waals surface area contributed by atoms with Gasteiger partial charge in [0, 0.05) is 35.4 Å². The third kappa shape index (κ3) is 3.23. The predicted octanol–water partition coefficient (Wildman–Crippen LogP) is 4.05. The highest BCUT2D eigenvalue weighted by atomic mass is 16.6. The van der Waals surface area contributed by atoms with Gasteiger partial charge in [0.2, 0.25) is 0 Å². The quantitative estimate of drug-likeness (QED) is 0.489. The van der Waals surface area contributed by atoms with Crippen LogP contribution in [-0.2, 0) is 0 Å². The smallest absolute Gasteiger partial charge is 0.270 e. The Hall–Kier alpha value is -2.17. The number of nitro groups is 1. The third-order valence-corrected chi connectivity index (χ3v) is 3.23. The fraction of sp³-hybridized carbons (Fsp3) is 0.400. The first-order chi connectivity index (χ1) is 9.61. The van der Waals surface area contributed by atoms with Gasteiger partial charge in [-0.15, -0.1) is 0 Å². The number of hydrogen-bond acceptors (Lipinski definition) is 4. The van der Waals surface area contributed by atoms with Gasteiger partial charge < -0.3 is 5.32 Å². The predicted molar refractivity (Wildman–Crippen MR) is 81.1 cm³/mol. The summed E-state index contributed by atoms with van der Waals surface area (Å²) >= 11 is 0. The van der Waals surface area contributed by atoms with Crippen LogP contribution in [0.2, 0.25) is 0 Å². The van der Waals surface area contributed by atoms with E-state index in [2.05, 4.69) is 17.2 Å². The van der Waals surface area contributed by atoms with Gasteiger partial charge in [-0.3, -0.25) is 15.1 Å². The monoisotopic (exact) mass is 273 g/mol. The van der Waals surface area contributed by atoms with Crippen LogP contribution in [0.5, 0.6) is 0 Å². The summed E-state index contributed by atoms with van der Waals surface area (Å²) in [5.74, 6) is 0. The van der Waals surface area contributed by atoms with E-state index in [1.807, 2.05) is 13.0 Å². The van der Waals surface area contributed by atoms with E-state index in [1.165, 1.54) is 18.9 Å². The maximum atomic E-state index is 10.9. The van der Waals surface area contributed by atoms with Crippen molar-refractivity contribution in [2.75, 3.05) is 11.9 Å². The number of rotatable bonds is 6. The molecule has 1 aromatic carbocycles. The molecule has 0 bridgehead atoms. The lowest BCUT2D eigenvalue weighted by atomic mass is 10.1. The molecule has 0 amide bonds. The Labute approximate surface area is 118 Å². The molecule has 5 heteroatoms. The minimum absolute atomic E-state index is 0.0970. The largest absolute Gasteiger partial charge is 0.384 e. The first-order valence-corrected chi connectivity index (χ1v) is 6.91. The topological polar surface area (TPSA) is 68.1 Å². The molecule has 0 spiro atoms. The standard InChI is InChI=1S/C15H19N3O2/c1-3-4-5-8-16-15-9-11(2)17-14-7-6-12(18(19)20)10-13(14)15/h6-7,9-10H,3-5,8H2,1-2H3,(H,16,17). The number of benzene rings is 1. The van der Waals surface area contributed by atoms with Crippen LogP contribution in [0, 0.1) is 17.0 Å². The summed E-state index contributed by atoms with van der Waals surface area (Å²) in [6.07, 6.45) is 3.44. The molecule has 2 aromatic rings. The minimum Gasteiger partial charge on any atom is -0.384 e. The van der Waals surface area contributed by atoms with Crippen molar-refractivity contribution < 1.29 is 4.92 Å². The number of unbranched alkanes of at least 4 members (excludes halogenated alkanes) is 2. The number of fused-ring (bicyclic) bond motifs is 1. The van der Waals surface area contributed by atoms with Crippen LogP contribution in [-0.4, -0.2) is 16.5 Å². The summed E-state index contributed by atoms with van der Waals surface area (Å²) in [5, 5.41) is 15.1. The van der Waals surface area contributed by atoms with Crippen LogP contribution in [0.4, 0.5) is 11.4 Å². The summed E-state index contributed by atoms with van der Waals surface area (Å²) in [6, 6.07) is 6.73. The molecule has 0 unspecified atom stereocenters. The highest BCUT2D eigenvalue weighted by Gasteiger charge is 2.10. The fourth-order valence-corrected chi connectivity index (χ4v) is 2.20. The highest BCUT2D eigenvalue weighted by Crippen LogP contribution is 2.27. The molecular formula is C15H19N3O2. The molecule has 2 rings (SSSR count). The molecule has 0 aliphatic rings. The molecule has 0 fully saturated rings. The van der Waals surface area contributed by atoms with E-state index >= 15 is 0 Å². The maximum Gasteiger partial charge on any atom is 0.270 e. The highest BCUT2D eigenvalue weighted by molar-refractivity contribution is 5.93. The second kappa shape index (κ2) is 6.32. The lowest BCUT2D eigenvalue weighted by molar-refractivity contribution is -0.384. The number of non-ortho nitro benzene ring substituents is 1. The van der Waals surface area contributed by atoms with Gasteiger partial charge in [-0.05, 0) is 25.5 Å². The van der Waals surface area contributed by atoms with Crippen LogP contribution >= 0.6 is 0 Å². The fourth-order valence-electron chi connectivity index (χ4n) is 2.20. The Balaban J connectivity index is 2.34. The molecule has 1 heterocycles. The molecule has 0 radical (unpaired) electrons. The van der Waals surface area contributed by atoms with Gasteiger partial charge in [-0.2, -0.15) is 0 Å². The zero-order chi connectivity index (χ0) is 14.5. The van der Waals surface area contributed by atoms with Crippen molar-refractivity contribution in [2.24, 2.45) is 0 Å². The number of nitrogens with zero attached hydrogens (tertiary/aromatic N) is 2. The van der Waals surface area contributed by atoms with Crippen molar-refractivity contribution in [1.82, 2.24) is 4.98 Å². The molecule has 20 heavy (non-hydrogen) atoms. The number of nitrogens with one attached hydrogen (secondary N) is 1. The van der Waals surface area contributed by atoms with E-state index in [-0.39, 0.29) is 10.6 Å². The summed E-state index contributed by atoms with van der Waals surface area (Å²) < 4.78 is 0. The lowest BCUT2D eigenvalue weighted by Crippen LogP contribution is -2.03. The molecule has 1 N–H and O–H groups in total. The van der Waals surface area contributed by atoms with Crippen LogP contribution in [0.15, 0.2) is 24.3 Å². The Morgan fingerprint density at radius 1 is 1.30 bits per heavy atom. The average molecular weight is 273 g/mol. The Bertz CT molecular complexity index is 626. The van der Waals surface area contributed by atoms with Crippen molar-refractivity contribution >= 4 is 22.3 Å². The summed E-state index contributed by atoms with van der Waals surface area (Å²) in [7, 11) is 0. The van der Waals surface area contributed by atoms with Crippen molar-refractivity contribution in [3.05, 3.63) is 40.1 Å². The zero-order valence-electron chi connectivity index (χ0n) is 11.8. The average Bonchev–Trinajstić information content (AvgIpc) is 2.42. The first kappa shape index (κ1) is 14.2. The van der Waals surface area contributed by atoms with Crippen LogP contribution in [0.25, 0.3) is 10.9 Å². The molecule has 0 atom stereocenters. The summed E-state index contributed by atoms with van der Waals surface area (Å²) in [4.78, 5) is 14.9. The Morgan fingerprint density at radius 3 is 2.80 bits per heavy atom. The Kier molecular flexibility index (Phi) is 4.50. The van der Waals surface area contributed by atoms with Crippen molar-refractivity contribution in [2.45, 2.75) is 33.1 Å². The van der Waals surface area contributed by atoms with Crippen molar-refractivity contribution in [3.8, 4) is 0 Å². The number of hydrogen-bond donors (Lipinski definition) is 1. The normalized spacial score (nSPS) is 10.7. The van der Waals surface area contributed by atoms with Crippen LogP contribution < -0.4 is 5.32 Å². The van der Waals surface area contributed by atoms with Gasteiger partial charge in [0.1, 0.15) is 0 Å². The van der Waals surface area contributed by atoms with Gasteiger partial charge in [0.05, 0.1) is 10.4 Å². The number of aryl methyl sites for hydroxylation is 1. The second-order valence-electron chi connectivity index (χ2n) is 4.90. The second-order valence-corrected chi connectivity index (χ2v) is 4.90. The van der Waals surface area contributed by atoms with E-state index < -0.39 is 0 Å². The van der Waals surface area contributed by atoms with Gasteiger partial charge >= 0.3 is 0 Å². The number of nitro benzene ring substituents is 1. The molecule has 0 aliphatic heterocycles. The summed E-state index contributed by atoms with van der Waals surface area (Å²) in [5.41, 5.74) is 2.71. The SMILES string of the molecule is CCCCCNc1cc(C)nc2ccc([N+](=O)[O-])cc12. The van der Waals surface area contributed by atoms with Gasteiger partial charge in [0.15, 0.2) is 0 Å². The number of pyridine rings is 1. The number of aromatic nitrogens is 1. The van der Waals surface area contributed by atoms with Crippen LogP contribution in [0.1, 0.15) is 31.9 Å². The molecule has 1 aromatic heterocycles. The first-order valence-electron chi connectivity index (χ1n) is 6.91. The van der Waals surface area contributed by atoms with E-state index in [0.717, 1.165) is 35.2 Å². The van der Waals surface area contributed by atoms with Crippen molar-refractivity contribution in [1.29, 1.82) is 0 Å². The zero-order valence-corrected chi connectivity index (χ0v) is 11.8. The van der Waals surface area contributed by atoms with Crippen molar-refractivity contribution in [3.63, 3.8) is 0 Å². The van der Waals surface area contributed by atoms with Gasteiger partial charge in [0.25, 0.3) is 5.69 Å². The Morgan fingerprint density at radius 2 is 2.10 bits per heavy atom. The van der Waals surface area contributed by atoms with E-state index in [0.29, 0.717) is 0 Å². The lowest BCUT2D eigenvalue weighted by Gasteiger charge is -2.10. The van der Waals surface area contributed by atoms with E-state index in [1.54, 1.807) is 12.1 Å². The minimum atomic E-state index is -0.375. The number of anilines is 1. The maximum absolute atomic E-state index is 10.9. The third-order valence-electron chi connectivity index (χ3n) is 3.23. The molecule has 0 aliphatic carbocycles. The van der Waals surface area contributed by atoms with Crippen LogP contribution in [0.3, 0.4) is 0 Å². The molecule has 106 valence electrons. The molecule has 0 saturated carbocycles. The summed E-state index contributed by atoms with van der Waals surface area (Å²) in [6.45, 7) is 4.96. The van der Waals surface area contributed by atoms with Gasteiger partial charge in [-0.1, -0.05) is 19.8 Å². The van der Waals surface area contributed by atoms with E-state index in [4.69, 9.17) is 0 Å². The van der Waals surface area contributed by atoms with E-state index in [9.17, 15) is 10.1 Å². The van der Waals surface area contributed by atoms with Gasteiger partial charge in [-0.25, -0.2) is 0 Å². The molecule has 0 saturated heterocycles. The molecule has 5 nitrogen and oxygen atoms in total.